The molecule has 0 amide bonds. The summed E-state index contributed by atoms with van der Waals surface area (Å²) in [5.41, 5.74) is 5.41. The molecule has 6 nitrogen and oxygen atoms in total. The first-order chi connectivity index (χ1) is 8.43. The molecule has 1 heterocycles. The largest absolute Gasteiger partial charge is 0.380 e. The van der Waals surface area contributed by atoms with Crippen molar-refractivity contribution in [3.63, 3.8) is 0 Å². The van der Waals surface area contributed by atoms with E-state index in [0.717, 1.165) is 6.42 Å². The summed E-state index contributed by atoms with van der Waals surface area (Å²) in [6.45, 7) is 4.06. The lowest BCUT2D eigenvalue weighted by molar-refractivity contribution is 0.0170. The fraction of sp³-hybridized carbons (Fsp3) is 1.00. The monoisotopic (exact) mass is 279 g/mol. The van der Waals surface area contributed by atoms with Gasteiger partial charge in [-0.05, 0) is 25.3 Å². The van der Waals surface area contributed by atoms with E-state index in [4.69, 9.17) is 10.5 Å². The smallest absolute Gasteiger partial charge is 0.281 e. The molecule has 0 aromatic heterocycles. The number of nitrogens with two attached hydrogens (primary N) is 1. The maximum Gasteiger partial charge on any atom is 0.281 e. The van der Waals surface area contributed by atoms with Crippen molar-refractivity contribution in [3.05, 3.63) is 0 Å². The van der Waals surface area contributed by atoms with E-state index in [-0.39, 0.29) is 6.10 Å². The van der Waals surface area contributed by atoms with Gasteiger partial charge in [0.05, 0.1) is 6.10 Å². The second-order valence-electron chi connectivity index (χ2n) is 4.87. The van der Waals surface area contributed by atoms with E-state index >= 15 is 0 Å². The molecule has 0 saturated carbocycles. The van der Waals surface area contributed by atoms with Gasteiger partial charge in [0.1, 0.15) is 0 Å². The predicted molar refractivity (Wildman–Crippen MR) is 71.4 cm³/mol. The van der Waals surface area contributed by atoms with E-state index in [2.05, 4.69) is 6.92 Å². The molecule has 18 heavy (non-hydrogen) atoms. The van der Waals surface area contributed by atoms with Crippen LogP contribution in [0.5, 0.6) is 0 Å². The van der Waals surface area contributed by atoms with Gasteiger partial charge in [-0.15, -0.1) is 0 Å². The zero-order chi connectivity index (χ0) is 13.8. The number of piperidine rings is 1. The zero-order valence-corrected chi connectivity index (χ0v) is 12.3. The van der Waals surface area contributed by atoms with Crippen LogP contribution in [0.15, 0.2) is 0 Å². The van der Waals surface area contributed by atoms with Gasteiger partial charge in [-0.2, -0.15) is 17.0 Å². The average molecular weight is 279 g/mol. The molecule has 0 aromatic rings. The maximum atomic E-state index is 12.3. The lowest BCUT2D eigenvalue weighted by atomic mass is 9.97. The number of nitrogens with zero attached hydrogens (tertiary/aromatic N) is 2. The first kappa shape index (κ1) is 15.8. The molecule has 1 saturated heterocycles. The fourth-order valence-corrected chi connectivity index (χ4v) is 3.57. The lowest BCUT2D eigenvalue weighted by Crippen LogP contribution is -2.51. The van der Waals surface area contributed by atoms with Crippen molar-refractivity contribution in [2.24, 2.45) is 11.7 Å². The quantitative estimate of drug-likeness (QED) is 0.735. The molecule has 1 aliphatic heterocycles. The topological polar surface area (TPSA) is 75.9 Å². The second-order valence-corrected chi connectivity index (χ2v) is 6.91. The molecule has 0 bridgehead atoms. The minimum absolute atomic E-state index is 0.0172. The van der Waals surface area contributed by atoms with Crippen LogP contribution in [0.3, 0.4) is 0 Å². The summed E-state index contributed by atoms with van der Waals surface area (Å²) >= 11 is 0. The van der Waals surface area contributed by atoms with Gasteiger partial charge in [0.2, 0.25) is 0 Å². The third-order valence-electron chi connectivity index (χ3n) is 3.55. The number of methoxy groups -OCH3 is 1. The van der Waals surface area contributed by atoms with E-state index in [9.17, 15) is 8.42 Å². The standard InChI is InChI=1S/C11H25N3O3S/c1-10-5-8-14(9-11(10)17-3)18(15,16)13(2)7-4-6-12/h10-11H,4-9,12H2,1-3H3. The maximum absolute atomic E-state index is 12.3. The van der Waals surface area contributed by atoms with Gasteiger partial charge in [0.15, 0.2) is 0 Å². The highest BCUT2D eigenvalue weighted by atomic mass is 32.2. The molecule has 2 unspecified atom stereocenters. The summed E-state index contributed by atoms with van der Waals surface area (Å²) in [5, 5.41) is 0. The molecule has 0 aromatic carbocycles. The van der Waals surface area contributed by atoms with Crippen molar-refractivity contribution in [1.29, 1.82) is 0 Å². The van der Waals surface area contributed by atoms with Gasteiger partial charge in [-0.1, -0.05) is 6.92 Å². The van der Waals surface area contributed by atoms with Crippen molar-refractivity contribution in [2.45, 2.75) is 25.9 Å². The van der Waals surface area contributed by atoms with Crippen LogP contribution in [0.1, 0.15) is 19.8 Å². The summed E-state index contributed by atoms with van der Waals surface area (Å²) in [7, 11) is -0.133. The van der Waals surface area contributed by atoms with Crippen molar-refractivity contribution in [1.82, 2.24) is 8.61 Å². The van der Waals surface area contributed by atoms with E-state index in [1.165, 1.54) is 8.61 Å². The molecule has 0 radical (unpaired) electrons. The molecule has 1 aliphatic rings. The average Bonchev–Trinajstić information content (AvgIpc) is 2.36. The molecule has 2 atom stereocenters. The Labute approximate surface area is 110 Å². The highest BCUT2D eigenvalue weighted by Crippen LogP contribution is 2.22. The van der Waals surface area contributed by atoms with Crippen LogP contribution in [-0.4, -0.2) is 63.5 Å². The molecule has 2 N–H and O–H groups in total. The molecular formula is C11H25N3O3S. The zero-order valence-electron chi connectivity index (χ0n) is 11.5. The Morgan fingerprint density at radius 1 is 1.50 bits per heavy atom. The summed E-state index contributed by atoms with van der Waals surface area (Å²) in [5.74, 6) is 0.399. The van der Waals surface area contributed by atoms with Crippen LogP contribution < -0.4 is 5.73 Å². The third-order valence-corrected chi connectivity index (χ3v) is 5.51. The minimum atomic E-state index is -3.37. The predicted octanol–water partition coefficient (Wildman–Crippen LogP) is -0.131. The molecule has 1 rings (SSSR count). The van der Waals surface area contributed by atoms with Gasteiger partial charge < -0.3 is 10.5 Å². The number of hydrogen-bond donors (Lipinski definition) is 1. The number of ether oxygens (including phenoxy) is 1. The first-order valence-electron chi connectivity index (χ1n) is 6.37. The Bertz CT molecular complexity index is 347. The van der Waals surface area contributed by atoms with Crippen LogP contribution in [-0.2, 0) is 14.9 Å². The van der Waals surface area contributed by atoms with Gasteiger partial charge in [-0.25, -0.2) is 0 Å². The molecule has 1 fully saturated rings. The van der Waals surface area contributed by atoms with Crippen LogP contribution in [0.25, 0.3) is 0 Å². The van der Waals surface area contributed by atoms with Gasteiger partial charge in [0.25, 0.3) is 10.2 Å². The highest BCUT2D eigenvalue weighted by Gasteiger charge is 2.34. The Hall–Kier alpha value is -0.210. The molecule has 0 spiro atoms. The van der Waals surface area contributed by atoms with Crippen LogP contribution in [0, 0.1) is 5.92 Å². The van der Waals surface area contributed by atoms with Gasteiger partial charge in [0, 0.05) is 33.8 Å². The highest BCUT2D eigenvalue weighted by molar-refractivity contribution is 7.86. The normalized spacial score (nSPS) is 26.7. The Morgan fingerprint density at radius 3 is 2.72 bits per heavy atom. The molecule has 0 aliphatic carbocycles. The van der Waals surface area contributed by atoms with Crippen molar-refractivity contribution in [3.8, 4) is 0 Å². The third kappa shape index (κ3) is 3.64. The van der Waals surface area contributed by atoms with E-state index in [1.54, 1.807) is 14.2 Å². The number of hydrogen-bond acceptors (Lipinski definition) is 4. The Morgan fingerprint density at radius 2 is 2.17 bits per heavy atom. The lowest BCUT2D eigenvalue weighted by Gasteiger charge is -2.37. The molecule has 108 valence electrons. The Kier molecular flexibility index (Phi) is 6.00. The second kappa shape index (κ2) is 6.81. The van der Waals surface area contributed by atoms with E-state index < -0.39 is 10.2 Å². The van der Waals surface area contributed by atoms with Gasteiger partial charge >= 0.3 is 0 Å². The van der Waals surface area contributed by atoms with E-state index in [0.29, 0.717) is 38.5 Å². The number of rotatable bonds is 6. The van der Waals surface area contributed by atoms with Gasteiger partial charge in [-0.3, -0.25) is 0 Å². The van der Waals surface area contributed by atoms with Crippen LogP contribution in [0.4, 0.5) is 0 Å². The minimum Gasteiger partial charge on any atom is -0.380 e. The fourth-order valence-electron chi connectivity index (χ4n) is 2.15. The SMILES string of the molecule is COC1CN(S(=O)(=O)N(C)CCCN)CCC1C. The van der Waals surface area contributed by atoms with Crippen molar-refractivity contribution >= 4 is 10.2 Å². The molecular weight excluding hydrogens is 254 g/mol. The first-order valence-corrected chi connectivity index (χ1v) is 7.77. The molecule has 7 heteroatoms. The van der Waals surface area contributed by atoms with Crippen LogP contribution in [0.2, 0.25) is 0 Å². The van der Waals surface area contributed by atoms with Crippen LogP contribution >= 0.6 is 0 Å². The van der Waals surface area contributed by atoms with E-state index in [1.807, 2.05) is 0 Å². The van der Waals surface area contributed by atoms with Crippen molar-refractivity contribution in [2.75, 3.05) is 40.3 Å². The summed E-state index contributed by atoms with van der Waals surface area (Å²) < 4.78 is 32.9. The summed E-state index contributed by atoms with van der Waals surface area (Å²) in [6, 6.07) is 0. The Balaban J connectivity index is 2.67. The van der Waals surface area contributed by atoms with Crippen molar-refractivity contribution < 1.29 is 13.2 Å². The summed E-state index contributed by atoms with van der Waals surface area (Å²) in [4.78, 5) is 0. The summed E-state index contributed by atoms with van der Waals surface area (Å²) in [6.07, 6.45) is 1.49.